The van der Waals surface area contributed by atoms with Crippen LogP contribution in [-0.4, -0.2) is 19.6 Å². The molecule has 0 radical (unpaired) electrons. The van der Waals surface area contributed by atoms with Gasteiger partial charge in [0.15, 0.2) is 0 Å². The Balaban J connectivity index is 2.36. The first kappa shape index (κ1) is 5.63. The molecule has 2 heteroatoms. The van der Waals surface area contributed by atoms with Gasteiger partial charge in [-0.05, 0) is 6.92 Å². The molecule has 8 heavy (non-hydrogen) atoms. The maximum absolute atomic E-state index is 3.24. The summed E-state index contributed by atoms with van der Waals surface area (Å²) in [6, 6.07) is 0. The van der Waals surface area contributed by atoms with Gasteiger partial charge in [-0.2, -0.15) is 0 Å². The SMILES string of the molecule is CC1=CCNCCN1. The van der Waals surface area contributed by atoms with Gasteiger partial charge in [0.05, 0.1) is 0 Å². The summed E-state index contributed by atoms with van der Waals surface area (Å²) >= 11 is 0. The lowest BCUT2D eigenvalue weighted by Crippen LogP contribution is -2.21. The standard InChI is InChI=1S/C6H12N2/c1-6-2-3-7-4-5-8-6/h2,7-8H,3-5H2,1H3. The molecule has 46 valence electrons. The van der Waals surface area contributed by atoms with Crippen LogP contribution in [0.4, 0.5) is 0 Å². The Morgan fingerprint density at radius 3 is 3.25 bits per heavy atom. The molecule has 0 unspecified atom stereocenters. The van der Waals surface area contributed by atoms with E-state index in [9.17, 15) is 0 Å². The molecule has 0 spiro atoms. The highest BCUT2D eigenvalue weighted by Crippen LogP contribution is 1.85. The first-order valence-electron chi connectivity index (χ1n) is 3.01. The number of nitrogens with one attached hydrogen (secondary N) is 2. The van der Waals surface area contributed by atoms with Crippen molar-refractivity contribution in [2.24, 2.45) is 0 Å². The van der Waals surface area contributed by atoms with E-state index in [4.69, 9.17) is 0 Å². The van der Waals surface area contributed by atoms with Gasteiger partial charge >= 0.3 is 0 Å². The number of hydrogen-bond acceptors (Lipinski definition) is 2. The topological polar surface area (TPSA) is 24.1 Å². The molecule has 0 amide bonds. The van der Waals surface area contributed by atoms with Gasteiger partial charge in [-0.1, -0.05) is 6.08 Å². The van der Waals surface area contributed by atoms with Crippen LogP contribution >= 0.6 is 0 Å². The summed E-state index contributed by atoms with van der Waals surface area (Å²) in [5.74, 6) is 0. The van der Waals surface area contributed by atoms with Crippen LogP contribution < -0.4 is 10.6 Å². The monoisotopic (exact) mass is 112 g/mol. The van der Waals surface area contributed by atoms with Crippen LogP contribution in [0, 0.1) is 0 Å². The predicted molar refractivity (Wildman–Crippen MR) is 34.6 cm³/mol. The van der Waals surface area contributed by atoms with Crippen molar-refractivity contribution in [1.29, 1.82) is 0 Å². The molecule has 0 aromatic carbocycles. The summed E-state index contributed by atoms with van der Waals surface area (Å²) < 4.78 is 0. The van der Waals surface area contributed by atoms with Crippen molar-refractivity contribution >= 4 is 0 Å². The Kier molecular flexibility index (Phi) is 1.92. The summed E-state index contributed by atoms with van der Waals surface area (Å²) in [7, 11) is 0. The number of rotatable bonds is 0. The van der Waals surface area contributed by atoms with E-state index in [1.807, 2.05) is 0 Å². The van der Waals surface area contributed by atoms with Gasteiger partial charge in [-0.3, -0.25) is 0 Å². The zero-order chi connectivity index (χ0) is 5.82. The van der Waals surface area contributed by atoms with Gasteiger partial charge in [-0.15, -0.1) is 0 Å². The fraction of sp³-hybridized carbons (Fsp3) is 0.667. The molecule has 0 aliphatic carbocycles. The molecule has 2 nitrogen and oxygen atoms in total. The summed E-state index contributed by atoms with van der Waals surface area (Å²) in [6.45, 7) is 5.24. The van der Waals surface area contributed by atoms with Gasteiger partial charge < -0.3 is 10.6 Å². The second kappa shape index (κ2) is 2.72. The highest BCUT2D eigenvalue weighted by Gasteiger charge is 1.91. The van der Waals surface area contributed by atoms with E-state index in [1.54, 1.807) is 0 Å². The Morgan fingerprint density at radius 2 is 2.38 bits per heavy atom. The average molecular weight is 112 g/mol. The minimum atomic E-state index is 1.01. The van der Waals surface area contributed by atoms with E-state index in [0.29, 0.717) is 0 Å². The molecular formula is C6H12N2. The molecule has 1 aliphatic heterocycles. The quantitative estimate of drug-likeness (QED) is 0.464. The van der Waals surface area contributed by atoms with Crippen LogP contribution in [0.2, 0.25) is 0 Å². The Bertz CT molecular complexity index is 96.7. The largest absolute Gasteiger partial charge is 0.388 e. The molecule has 1 heterocycles. The molecule has 0 aromatic heterocycles. The molecule has 1 aliphatic rings. The van der Waals surface area contributed by atoms with Gasteiger partial charge in [0.2, 0.25) is 0 Å². The third-order valence-electron chi connectivity index (χ3n) is 1.26. The van der Waals surface area contributed by atoms with Crippen LogP contribution in [0.1, 0.15) is 6.92 Å². The lowest BCUT2D eigenvalue weighted by molar-refractivity contribution is 0.721. The van der Waals surface area contributed by atoms with Crippen LogP contribution in [0.25, 0.3) is 0 Å². The predicted octanol–water partition coefficient (Wildman–Crippen LogP) is 0.0830. The summed E-state index contributed by atoms with van der Waals surface area (Å²) in [6.07, 6.45) is 2.16. The highest BCUT2D eigenvalue weighted by atomic mass is 15.0. The summed E-state index contributed by atoms with van der Waals surface area (Å²) in [4.78, 5) is 0. The fourth-order valence-electron chi connectivity index (χ4n) is 0.748. The van der Waals surface area contributed by atoms with Gasteiger partial charge in [-0.25, -0.2) is 0 Å². The smallest absolute Gasteiger partial charge is 0.0269 e. The highest BCUT2D eigenvalue weighted by molar-refractivity contribution is 4.98. The van der Waals surface area contributed by atoms with Crippen LogP contribution in [-0.2, 0) is 0 Å². The fourth-order valence-corrected chi connectivity index (χ4v) is 0.748. The first-order chi connectivity index (χ1) is 3.89. The van der Waals surface area contributed by atoms with Crippen molar-refractivity contribution in [2.45, 2.75) is 6.92 Å². The van der Waals surface area contributed by atoms with E-state index in [-0.39, 0.29) is 0 Å². The van der Waals surface area contributed by atoms with E-state index >= 15 is 0 Å². The van der Waals surface area contributed by atoms with Crippen LogP contribution in [0.3, 0.4) is 0 Å². The molecule has 0 saturated heterocycles. The molecule has 0 fully saturated rings. The molecule has 0 saturated carbocycles. The second-order valence-corrected chi connectivity index (χ2v) is 2.02. The molecule has 0 atom stereocenters. The van der Waals surface area contributed by atoms with Crippen molar-refractivity contribution in [1.82, 2.24) is 10.6 Å². The molecule has 2 N–H and O–H groups in total. The van der Waals surface area contributed by atoms with Crippen molar-refractivity contribution in [3.63, 3.8) is 0 Å². The molecule has 0 aromatic rings. The minimum Gasteiger partial charge on any atom is -0.388 e. The Hall–Kier alpha value is -0.500. The summed E-state index contributed by atoms with van der Waals surface area (Å²) in [5, 5.41) is 6.48. The first-order valence-corrected chi connectivity index (χ1v) is 3.01. The van der Waals surface area contributed by atoms with Gasteiger partial charge in [0.25, 0.3) is 0 Å². The Labute approximate surface area is 50.0 Å². The van der Waals surface area contributed by atoms with Crippen molar-refractivity contribution in [3.05, 3.63) is 11.8 Å². The third kappa shape index (κ3) is 1.54. The number of allylic oxidation sites excluding steroid dienone is 1. The average Bonchev–Trinajstić information content (AvgIpc) is 1.94. The lowest BCUT2D eigenvalue weighted by atomic mass is 10.4. The van der Waals surface area contributed by atoms with Gasteiger partial charge in [0, 0.05) is 25.3 Å². The van der Waals surface area contributed by atoms with Gasteiger partial charge in [0.1, 0.15) is 0 Å². The Morgan fingerprint density at radius 1 is 1.50 bits per heavy atom. The van der Waals surface area contributed by atoms with E-state index < -0.39 is 0 Å². The molecule has 1 rings (SSSR count). The van der Waals surface area contributed by atoms with Crippen molar-refractivity contribution < 1.29 is 0 Å². The zero-order valence-corrected chi connectivity index (χ0v) is 5.20. The lowest BCUT2D eigenvalue weighted by Gasteiger charge is -1.98. The third-order valence-corrected chi connectivity index (χ3v) is 1.26. The second-order valence-electron chi connectivity index (χ2n) is 2.02. The molecule has 0 bridgehead atoms. The zero-order valence-electron chi connectivity index (χ0n) is 5.20. The van der Waals surface area contributed by atoms with Crippen molar-refractivity contribution in [2.75, 3.05) is 19.6 Å². The van der Waals surface area contributed by atoms with E-state index in [1.165, 1.54) is 5.70 Å². The van der Waals surface area contributed by atoms with Crippen LogP contribution in [0.15, 0.2) is 11.8 Å². The molecular weight excluding hydrogens is 100 g/mol. The van der Waals surface area contributed by atoms with Crippen molar-refractivity contribution in [3.8, 4) is 0 Å². The van der Waals surface area contributed by atoms with Crippen LogP contribution in [0.5, 0.6) is 0 Å². The summed E-state index contributed by atoms with van der Waals surface area (Å²) in [5.41, 5.74) is 1.29. The minimum absolute atomic E-state index is 1.01. The maximum Gasteiger partial charge on any atom is 0.0269 e. The van der Waals surface area contributed by atoms with E-state index in [0.717, 1.165) is 19.6 Å². The normalized spacial score (nSPS) is 20.9. The number of hydrogen-bond donors (Lipinski definition) is 2. The maximum atomic E-state index is 3.24. The van der Waals surface area contributed by atoms with E-state index in [2.05, 4.69) is 23.6 Å².